The van der Waals surface area contributed by atoms with Crippen LogP contribution in [0.25, 0.3) is 0 Å². The van der Waals surface area contributed by atoms with Gasteiger partial charge < -0.3 is 20.7 Å². The summed E-state index contributed by atoms with van der Waals surface area (Å²) in [6.07, 6.45) is 3.94. The Balaban J connectivity index is 1.73. The first-order valence-electron chi connectivity index (χ1n) is 6.25. The number of imidazole rings is 1. The maximum Gasteiger partial charge on any atom is 0.347 e. The van der Waals surface area contributed by atoms with Crippen molar-refractivity contribution in [3.63, 3.8) is 0 Å². The molecule has 2 aromatic heterocycles. The number of hydrogen-bond donors (Lipinski definition) is 4. The van der Waals surface area contributed by atoms with Crippen molar-refractivity contribution < 1.29 is 14.7 Å². The van der Waals surface area contributed by atoms with Crippen LogP contribution in [-0.4, -0.2) is 38.6 Å². The molecule has 2 amide bonds. The van der Waals surface area contributed by atoms with Crippen molar-refractivity contribution in [2.75, 3.05) is 6.54 Å². The fraction of sp³-hybridized carbons (Fsp3) is 0.333. The number of rotatable bonds is 6. The first-order valence-corrected chi connectivity index (χ1v) is 7.06. The van der Waals surface area contributed by atoms with Gasteiger partial charge in [0.2, 0.25) is 0 Å². The molecule has 2 aromatic rings. The van der Waals surface area contributed by atoms with E-state index in [2.05, 4.69) is 25.6 Å². The van der Waals surface area contributed by atoms with Gasteiger partial charge in [-0.3, -0.25) is 0 Å². The maximum atomic E-state index is 11.6. The van der Waals surface area contributed by atoms with Gasteiger partial charge in [0.05, 0.1) is 18.6 Å². The summed E-state index contributed by atoms with van der Waals surface area (Å²) in [7, 11) is 0. The molecule has 2 heterocycles. The zero-order valence-electron chi connectivity index (χ0n) is 11.3. The molecule has 0 atom stereocenters. The monoisotopic (exact) mass is 309 g/mol. The lowest BCUT2D eigenvalue weighted by molar-refractivity contribution is 0.0701. The molecule has 2 rings (SSSR count). The highest BCUT2D eigenvalue weighted by Crippen LogP contribution is 2.17. The van der Waals surface area contributed by atoms with Gasteiger partial charge in [0, 0.05) is 24.9 Å². The third kappa shape index (κ3) is 4.28. The molecule has 0 radical (unpaired) electrons. The molecule has 0 aromatic carbocycles. The summed E-state index contributed by atoms with van der Waals surface area (Å²) in [4.78, 5) is 33.6. The van der Waals surface area contributed by atoms with Crippen molar-refractivity contribution >= 4 is 23.3 Å². The summed E-state index contributed by atoms with van der Waals surface area (Å²) in [6.45, 7) is 2.31. The number of carbonyl (C=O) groups excluding carboxylic acids is 1. The zero-order chi connectivity index (χ0) is 15.2. The number of carboxylic acids is 1. The summed E-state index contributed by atoms with van der Waals surface area (Å²) < 4.78 is 0. The fourth-order valence-corrected chi connectivity index (χ4v) is 2.52. The van der Waals surface area contributed by atoms with E-state index in [1.165, 1.54) is 0 Å². The van der Waals surface area contributed by atoms with E-state index >= 15 is 0 Å². The zero-order valence-corrected chi connectivity index (χ0v) is 12.2. The maximum absolute atomic E-state index is 11.6. The van der Waals surface area contributed by atoms with Crippen molar-refractivity contribution in [2.24, 2.45) is 0 Å². The number of carboxylic acid groups (broad SMARTS) is 1. The number of thiazole rings is 1. The van der Waals surface area contributed by atoms with Crippen LogP contribution in [0.3, 0.4) is 0 Å². The minimum absolute atomic E-state index is 0.200. The van der Waals surface area contributed by atoms with E-state index in [0.717, 1.165) is 17.0 Å². The van der Waals surface area contributed by atoms with Crippen LogP contribution in [0.4, 0.5) is 4.79 Å². The smallest absolute Gasteiger partial charge is 0.347 e. The quantitative estimate of drug-likeness (QED) is 0.632. The normalized spacial score (nSPS) is 10.3. The van der Waals surface area contributed by atoms with E-state index in [0.29, 0.717) is 23.7 Å². The Bertz CT molecular complexity index is 623. The predicted molar refractivity (Wildman–Crippen MR) is 76.3 cm³/mol. The number of aromatic carboxylic acids is 1. The lowest BCUT2D eigenvalue weighted by Gasteiger charge is -2.05. The highest BCUT2D eigenvalue weighted by Gasteiger charge is 2.14. The molecule has 0 aliphatic rings. The molecule has 0 aliphatic carbocycles. The summed E-state index contributed by atoms with van der Waals surface area (Å²) in [5.74, 6) is -1.000. The average Bonchev–Trinajstić information content (AvgIpc) is 3.06. The second kappa shape index (κ2) is 6.84. The summed E-state index contributed by atoms with van der Waals surface area (Å²) in [6, 6.07) is -0.320. The lowest BCUT2D eigenvalue weighted by Crippen LogP contribution is -2.36. The van der Waals surface area contributed by atoms with Gasteiger partial charge in [-0.15, -0.1) is 11.3 Å². The van der Waals surface area contributed by atoms with Gasteiger partial charge >= 0.3 is 12.0 Å². The van der Waals surface area contributed by atoms with Crippen LogP contribution < -0.4 is 10.6 Å². The largest absolute Gasteiger partial charge is 0.477 e. The molecule has 0 unspecified atom stereocenters. The molecular formula is C12H15N5O3S. The Kier molecular flexibility index (Phi) is 4.88. The minimum Gasteiger partial charge on any atom is -0.477 e. The van der Waals surface area contributed by atoms with Gasteiger partial charge in [-0.05, 0) is 6.92 Å². The van der Waals surface area contributed by atoms with Crippen LogP contribution in [0.1, 0.15) is 26.1 Å². The van der Waals surface area contributed by atoms with Crippen molar-refractivity contribution in [1.29, 1.82) is 0 Å². The fourth-order valence-electron chi connectivity index (χ4n) is 1.68. The summed E-state index contributed by atoms with van der Waals surface area (Å²) in [5.41, 5.74) is 1.40. The standard InChI is InChI=1S/C12H15N5O3S/c1-7-10(11(18)19)21-9(17-7)5-15-12(20)14-3-2-8-4-13-6-16-8/h4,6H,2-3,5H2,1H3,(H,13,16)(H,18,19)(H2,14,15,20). The predicted octanol–water partition coefficient (Wildman–Crippen LogP) is 0.915. The van der Waals surface area contributed by atoms with Gasteiger partial charge in [0.1, 0.15) is 9.88 Å². The third-order valence-electron chi connectivity index (χ3n) is 2.67. The Hall–Kier alpha value is -2.42. The van der Waals surface area contributed by atoms with Crippen molar-refractivity contribution in [3.8, 4) is 0 Å². The molecule has 4 N–H and O–H groups in total. The van der Waals surface area contributed by atoms with Gasteiger partial charge in [-0.1, -0.05) is 0 Å². The molecular weight excluding hydrogens is 294 g/mol. The van der Waals surface area contributed by atoms with Crippen molar-refractivity contribution in [3.05, 3.63) is 33.8 Å². The Labute approximate surface area is 124 Å². The van der Waals surface area contributed by atoms with E-state index in [4.69, 9.17) is 5.11 Å². The number of carbonyl (C=O) groups is 2. The summed E-state index contributed by atoms with van der Waals surface area (Å²) >= 11 is 1.07. The van der Waals surface area contributed by atoms with Gasteiger partial charge in [0.25, 0.3) is 0 Å². The van der Waals surface area contributed by atoms with E-state index in [9.17, 15) is 9.59 Å². The molecule has 0 fully saturated rings. The van der Waals surface area contributed by atoms with Gasteiger partial charge in [0.15, 0.2) is 0 Å². The molecule has 0 spiro atoms. The third-order valence-corrected chi connectivity index (χ3v) is 3.82. The number of urea groups is 1. The Morgan fingerprint density at radius 3 is 2.86 bits per heavy atom. The lowest BCUT2D eigenvalue weighted by atomic mass is 10.3. The van der Waals surface area contributed by atoms with Crippen LogP contribution in [0.5, 0.6) is 0 Å². The van der Waals surface area contributed by atoms with E-state index < -0.39 is 5.97 Å². The number of hydrogen-bond acceptors (Lipinski definition) is 5. The number of amides is 2. The number of nitrogens with one attached hydrogen (secondary N) is 3. The van der Waals surface area contributed by atoms with E-state index in [-0.39, 0.29) is 17.5 Å². The summed E-state index contributed by atoms with van der Waals surface area (Å²) in [5, 5.41) is 14.8. The number of nitrogens with zero attached hydrogens (tertiary/aromatic N) is 2. The molecule has 21 heavy (non-hydrogen) atoms. The number of aromatic amines is 1. The van der Waals surface area contributed by atoms with Crippen LogP contribution in [0, 0.1) is 6.92 Å². The van der Waals surface area contributed by atoms with Crippen LogP contribution in [0.2, 0.25) is 0 Å². The van der Waals surface area contributed by atoms with Crippen LogP contribution in [-0.2, 0) is 13.0 Å². The Morgan fingerprint density at radius 2 is 2.24 bits per heavy atom. The molecule has 0 aliphatic heterocycles. The van der Waals surface area contributed by atoms with Gasteiger partial charge in [-0.2, -0.15) is 0 Å². The number of aromatic nitrogens is 3. The SMILES string of the molecule is Cc1nc(CNC(=O)NCCc2cnc[nH]2)sc1C(=O)O. The first kappa shape index (κ1) is 15.0. The Morgan fingerprint density at radius 1 is 1.43 bits per heavy atom. The molecule has 112 valence electrons. The van der Waals surface area contributed by atoms with E-state index in [1.54, 1.807) is 19.4 Å². The van der Waals surface area contributed by atoms with Crippen LogP contribution >= 0.6 is 11.3 Å². The molecule has 0 bridgehead atoms. The van der Waals surface area contributed by atoms with Crippen molar-refractivity contribution in [1.82, 2.24) is 25.6 Å². The topological polar surface area (TPSA) is 120 Å². The molecule has 8 nitrogen and oxygen atoms in total. The first-order chi connectivity index (χ1) is 10.1. The number of aryl methyl sites for hydroxylation is 1. The van der Waals surface area contributed by atoms with Crippen LogP contribution in [0.15, 0.2) is 12.5 Å². The van der Waals surface area contributed by atoms with Crippen molar-refractivity contribution in [2.45, 2.75) is 19.9 Å². The molecule has 9 heteroatoms. The molecule has 0 saturated carbocycles. The molecule has 0 saturated heterocycles. The highest BCUT2D eigenvalue weighted by atomic mass is 32.1. The van der Waals surface area contributed by atoms with Gasteiger partial charge in [-0.25, -0.2) is 19.6 Å². The second-order valence-corrected chi connectivity index (χ2v) is 5.35. The highest BCUT2D eigenvalue weighted by molar-refractivity contribution is 7.13. The second-order valence-electron chi connectivity index (χ2n) is 4.26. The average molecular weight is 309 g/mol. The van der Waals surface area contributed by atoms with E-state index in [1.807, 2.05) is 0 Å². The number of H-pyrrole nitrogens is 1. The minimum atomic E-state index is -1.000.